The van der Waals surface area contributed by atoms with Crippen molar-refractivity contribution >= 4 is 34.1 Å². The molecule has 2 amide bonds. The number of urea groups is 1. The lowest BCUT2D eigenvalue weighted by Crippen LogP contribution is -2.42. The van der Waals surface area contributed by atoms with Crippen molar-refractivity contribution in [1.82, 2.24) is 14.8 Å². The van der Waals surface area contributed by atoms with Crippen molar-refractivity contribution in [3.8, 4) is 17.3 Å². The predicted octanol–water partition coefficient (Wildman–Crippen LogP) is 5.16. The van der Waals surface area contributed by atoms with E-state index in [1.807, 2.05) is 55.6 Å². The van der Waals surface area contributed by atoms with Gasteiger partial charge in [-0.15, -0.1) is 0 Å². The second-order valence-corrected chi connectivity index (χ2v) is 8.79. The average molecular weight is 466 g/mol. The summed E-state index contributed by atoms with van der Waals surface area (Å²) in [6.07, 6.45) is 2.61. The van der Waals surface area contributed by atoms with Crippen LogP contribution in [0.4, 0.5) is 22.0 Å². The Morgan fingerprint density at radius 2 is 2.06 bits per heavy atom. The van der Waals surface area contributed by atoms with E-state index in [0.717, 1.165) is 47.4 Å². The van der Waals surface area contributed by atoms with Crippen molar-refractivity contribution in [3.63, 3.8) is 0 Å². The number of carbonyl (C=O) groups excluding carboxylic acids is 1. The minimum Gasteiger partial charge on any atom is -0.369 e. The number of fused-ring (bicyclic) bond motifs is 2. The third-order valence-corrected chi connectivity index (χ3v) is 6.57. The highest BCUT2D eigenvalue weighted by Gasteiger charge is 2.31. The maximum Gasteiger partial charge on any atom is 0.327 e. The number of aryl methyl sites for hydroxylation is 1. The van der Waals surface area contributed by atoms with Gasteiger partial charge in [0, 0.05) is 42.8 Å². The van der Waals surface area contributed by atoms with Gasteiger partial charge in [-0.25, -0.2) is 9.78 Å². The molecule has 0 unspecified atom stereocenters. The number of nitrogens with one attached hydrogen (secondary N) is 1. The molecule has 1 aliphatic heterocycles. The van der Waals surface area contributed by atoms with Gasteiger partial charge in [0.1, 0.15) is 0 Å². The summed E-state index contributed by atoms with van der Waals surface area (Å²) in [6.45, 7) is 5.81. The Balaban J connectivity index is 1.55. The molecule has 2 aromatic carbocycles. The van der Waals surface area contributed by atoms with Crippen molar-refractivity contribution in [1.29, 1.82) is 5.26 Å². The Morgan fingerprint density at radius 1 is 1.20 bits per heavy atom. The summed E-state index contributed by atoms with van der Waals surface area (Å²) in [5.74, 6) is 0.622. The predicted molar refractivity (Wildman–Crippen MR) is 139 cm³/mol. The van der Waals surface area contributed by atoms with E-state index < -0.39 is 0 Å². The van der Waals surface area contributed by atoms with Crippen molar-refractivity contribution in [2.45, 2.75) is 26.3 Å². The number of carbonyl (C=O) groups is 1. The summed E-state index contributed by atoms with van der Waals surface area (Å²) in [6, 6.07) is 19.0. The standard InChI is InChI=1S/C27H27N7O/c1-4-33-13-12-18(2)34(27(35)30-22-8-10-24-21(15-22)17-29-32(24)3)26-25(33)11-9-23(31-26)20-7-5-6-19(14-20)16-28/h5-11,14-15,17-18H,4,12-13H2,1-3H3,(H,30,35)/t18-/m1/s1. The molecule has 1 aliphatic rings. The number of rotatable bonds is 3. The minimum atomic E-state index is -0.227. The first-order valence-electron chi connectivity index (χ1n) is 11.8. The van der Waals surface area contributed by atoms with E-state index in [1.165, 1.54) is 0 Å². The largest absolute Gasteiger partial charge is 0.369 e. The minimum absolute atomic E-state index is 0.0550. The summed E-state index contributed by atoms with van der Waals surface area (Å²) >= 11 is 0. The van der Waals surface area contributed by atoms with E-state index in [0.29, 0.717) is 17.1 Å². The van der Waals surface area contributed by atoms with Crippen LogP contribution in [0.3, 0.4) is 0 Å². The fraction of sp³-hybridized carbons (Fsp3) is 0.259. The highest BCUT2D eigenvalue weighted by molar-refractivity contribution is 6.04. The summed E-state index contributed by atoms with van der Waals surface area (Å²) in [5, 5.41) is 17.6. The van der Waals surface area contributed by atoms with Crippen LogP contribution in [-0.2, 0) is 7.05 Å². The Morgan fingerprint density at radius 3 is 2.86 bits per heavy atom. The maximum atomic E-state index is 13.7. The summed E-state index contributed by atoms with van der Waals surface area (Å²) in [7, 11) is 1.89. The zero-order chi connectivity index (χ0) is 24.5. The average Bonchev–Trinajstić information content (AvgIpc) is 3.17. The SMILES string of the molecule is CCN1CC[C@@H](C)N(C(=O)Nc2ccc3c(cnn3C)c2)c2nc(-c3cccc(C#N)c3)ccc21. The van der Waals surface area contributed by atoms with Crippen LogP contribution < -0.4 is 15.1 Å². The molecule has 0 fully saturated rings. The number of aromatic nitrogens is 3. The quantitative estimate of drug-likeness (QED) is 0.451. The molecule has 8 heteroatoms. The first-order chi connectivity index (χ1) is 17.0. The molecule has 5 rings (SSSR count). The molecule has 1 N–H and O–H groups in total. The van der Waals surface area contributed by atoms with E-state index in [2.05, 4.69) is 35.2 Å². The number of nitrogens with zero attached hydrogens (tertiary/aromatic N) is 6. The molecule has 8 nitrogen and oxygen atoms in total. The van der Waals surface area contributed by atoms with Crippen molar-refractivity contribution in [2.24, 2.45) is 7.05 Å². The number of pyridine rings is 1. The molecular formula is C27H27N7O. The summed E-state index contributed by atoms with van der Waals surface area (Å²) in [4.78, 5) is 22.6. The van der Waals surface area contributed by atoms with E-state index in [9.17, 15) is 10.1 Å². The van der Waals surface area contributed by atoms with Gasteiger partial charge in [-0.2, -0.15) is 10.4 Å². The van der Waals surface area contributed by atoms with Gasteiger partial charge in [0.2, 0.25) is 0 Å². The fourth-order valence-electron chi connectivity index (χ4n) is 4.62. The second-order valence-electron chi connectivity index (χ2n) is 8.79. The third-order valence-electron chi connectivity index (χ3n) is 6.57. The zero-order valence-corrected chi connectivity index (χ0v) is 20.1. The zero-order valence-electron chi connectivity index (χ0n) is 20.1. The van der Waals surface area contributed by atoms with E-state index in [-0.39, 0.29) is 12.1 Å². The normalized spacial score (nSPS) is 15.4. The molecular weight excluding hydrogens is 438 g/mol. The molecule has 2 aromatic heterocycles. The summed E-state index contributed by atoms with van der Waals surface area (Å²) in [5.41, 5.74) is 4.77. The van der Waals surface area contributed by atoms with E-state index in [4.69, 9.17) is 4.98 Å². The smallest absolute Gasteiger partial charge is 0.327 e. The first-order valence-corrected chi connectivity index (χ1v) is 11.8. The number of hydrogen-bond acceptors (Lipinski definition) is 5. The van der Waals surface area contributed by atoms with Gasteiger partial charge in [0.05, 0.1) is 34.7 Å². The second kappa shape index (κ2) is 9.11. The van der Waals surface area contributed by atoms with Gasteiger partial charge < -0.3 is 10.2 Å². The molecule has 0 spiro atoms. The Hall–Kier alpha value is -4.38. The van der Waals surface area contributed by atoms with Gasteiger partial charge in [0.25, 0.3) is 0 Å². The molecule has 176 valence electrons. The van der Waals surface area contributed by atoms with Crippen LogP contribution >= 0.6 is 0 Å². The fourth-order valence-corrected chi connectivity index (χ4v) is 4.62. The molecule has 0 bridgehead atoms. The van der Waals surface area contributed by atoms with Crippen LogP contribution in [0.25, 0.3) is 22.2 Å². The van der Waals surface area contributed by atoms with Crippen molar-refractivity contribution in [3.05, 3.63) is 66.4 Å². The van der Waals surface area contributed by atoms with Gasteiger partial charge in [-0.05, 0) is 62.7 Å². The van der Waals surface area contributed by atoms with Crippen LogP contribution in [0.5, 0.6) is 0 Å². The van der Waals surface area contributed by atoms with E-state index in [1.54, 1.807) is 21.8 Å². The van der Waals surface area contributed by atoms with Crippen LogP contribution in [0.1, 0.15) is 25.8 Å². The molecule has 3 heterocycles. The van der Waals surface area contributed by atoms with Gasteiger partial charge in [-0.1, -0.05) is 12.1 Å². The first kappa shape index (κ1) is 22.4. The third kappa shape index (κ3) is 4.17. The van der Waals surface area contributed by atoms with Gasteiger partial charge >= 0.3 is 6.03 Å². The summed E-state index contributed by atoms with van der Waals surface area (Å²) < 4.78 is 1.81. The molecule has 1 atom stereocenters. The molecule has 35 heavy (non-hydrogen) atoms. The number of anilines is 3. The molecule has 0 saturated carbocycles. The number of amides is 2. The van der Waals surface area contributed by atoms with Crippen LogP contribution in [0, 0.1) is 11.3 Å². The lowest BCUT2D eigenvalue weighted by Gasteiger charge is -2.28. The van der Waals surface area contributed by atoms with Gasteiger partial charge in [-0.3, -0.25) is 9.58 Å². The molecule has 0 saturated heterocycles. The Bertz CT molecular complexity index is 1450. The van der Waals surface area contributed by atoms with E-state index >= 15 is 0 Å². The topological polar surface area (TPSA) is 90.1 Å². The van der Waals surface area contributed by atoms with Crippen LogP contribution in [0.15, 0.2) is 60.8 Å². The monoisotopic (exact) mass is 465 g/mol. The lowest BCUT2D eigenvalue weighted by atomic mass is 10.1. The number of hydrogen-bond donors (Lipinski definition) is 1. The number of benzene rings is 2. The van der Waals surface area contributed by atoms with Gasteiger partial charge in [0.15, 0.2) is 5.82 Å². The number of nitriles is 1. The Kier molecular flexibility index (Phi) is 5.83. The molecule has 0 aliphatic carbocycles. The Labute approximate surface area is 204 Å². The lowest BCUT2D eigenvalue weighted by molar-refractivity contribution is 0.255. The van der Waals surface area contributed by atoms with Crippen LogP contribution in [-0.4, -0.2) is 39.9 Å². The van der Waals surface area contributed by atoms with Crippen molar-refractivity contribution in [2.75, 3.05) is 28.2 Å². The maximum absolute atomic E-state index is 13.7. The highest BCUT2D eigenvalue weighted by atomic mass is 16.2. The van der Waals surface area contributed by atoms with Crippen LogP contribution in [0.2, 0.25) is 0 Å². The molecule has 4 aromatic rings. The van der Waals surface area contributed by atoms with Crippen molar-refractivity contribution < 1.29 is 4.79 Å². The molecule has 0 radical (unpaired) electrons. The highest BCUT2D eigenvalue weighted by Crippen LogP contribution is 2.36.